The molecule has 1 atom stereocenters. The van der Waals surface area contributed by atoms with Crippen molar-refractivity contribution in [2.24, 2.45) is 5.92 Å². The van der Waals surface area contributed by atoms with Crippen LogP contribution in [0, 0.1) is 5.92 Å². The minimum absolute atomic E-state index is 0.188. The largest absolute Gasteiger partial charge is 0.481 e. The van der Waals surface area contributed by atoms with Crippen molar-refractivity contribution in [3.05, 3.63) is 0 Å². The summed E-state index contributed by atoms with van der Waals surface area (Å²) in [6, 6.07) is 0. The molecule has 0 aliphatic heterocycles. The van der Waals surface area contributed by atoms with Gasteiger partial charge in [-0.1, -0.05) is 13.3 Å². The zero-order chi connectivity index (χ0) is 11.7. The van der Waals surface area contributed by atoms with Crippen LogP contribution in [0.5, 0.6) is 0 Å². The second-order valence-electron chi connectivity index (χ2n) is 3.68. The molecule has 0 aromatic rings. The number of hydrogen-bond acceptors (Lipinski definition) is 3. The molecule has 0 aliphatic rings. The van der Waals surface area contributed by atoms with Crippen LogP contribution in [0.1, 0.15) is 45.4 Å². The molecule has 0 amide bonds. The van der Waals surface area contributed by atoms with Crippen LogP contribution in [-0.2, 0) is 14.3 Å². The van der Waals surface area contributed by atoms with E-state index in [1.165, 1.54) is 7.11 Å². The van der Waals surface area contributed by atoms with Crippen molar-refractivity contribution in [3.8, 4) is 0 Å². The minimum Gasteiger partial charge on any atom is -0.481 e. The quantitative estimate of drug-likeness (QED) is 0.632. The molecule has 0 radical (unpaired) electrons. The Balaban J connectivity index is 3.63. The topological polar surface area (TPSA) is 63.6 Å². The molecule has 15 heavy (non-hydrogen) atoms. The first kappa shape index (κ1) is 13.9. The van der Waals surface area contributed by atoms with Crippen LogP contribution in [0.2, 0.25) is 0 Å². The Bertz CT molecular complexity index is 201. The van der Waals surface area contributed by atoms with E-state index in [1.807, 2.05) is 0 Å². The van der Waals surface area contributed by atoms with Gasteiger partial charge in [0.1, 0.15) is 0 Å². The Kier molecular flexibility index (Phi) is 7.68. The number of rotatable bonds is 8. The molecule has 0 heterocycles. The van der Waals surface area contributed by atoms with E-state index in [0.717, 1.165) is 19.3 Å². The number of ether oxygens (including phenoxy) is 1. The van der Waals surface area contributed by atoms with Gasteiger partial charge in [-0.25, -0.2) is 0 Å². The molecular formula is C11H20O4. The Hall–Kier alpha value is -1.06. The Labute approximate surface area is 90.6 Å². The van der Waals surface area contributed by atoms with Crippen LogP contribution in [0.3, 0.4) is 0 Å². The van der Waals surface area contributed by atoms with Gasteiger partial charge in [-0.3, -0.25) is 9.59 Å². The summed E-state index contributed by atoms with van der Waals surface area (Å²) >= 11 is 0. The van der Waals surface area contributed by atoms with Crippen LogP contribution in [0.15, 0.2) is 0 Å². The predicted octanol–water partition coefficient (Wildman–Crippen LogP) is 2.22. The van der Waals surface area contributed by atoms with E-state index >= 15 is 0 Å². The van der Waals surface area contributed by atoms with Crippen LogP contribution in [-0.4, -0.2) is 24.2 Å². The molecule has 1 unspecified atom stereocenters. The summed E-state index contributed by atoms with van der Waals surface area (Å²) < 4.78 is 4.55. The summed E-state index contributed by atoms with van der Waals surface area (Å²) in [4.78, 5) is 21.2. The van der Waals surface area contributed by atoms with Gasteiger partial charge < -0.3 is 9.84 Å². The third kappa shape index (κ3) is 7.97. The number of carbonyl (C=O) groups excluding carboxylic acids is 1. The van der Waals surface area contributed by atoms with Gasteiger partial charge in [0.25, 0.3) is 0 Å². The van der Waals surface area contributed by atoms with Crippen molar-refractivity contribution in [2.75, 3.05) is 7.11 Å². The molecule has 0 spiro atoms. The lowest BCUT2D eigenvalue weighted by atomic mass is 9.94. The summed E-state index contributed by atoms with van der Waals surface area (Å²) in [7, 11) is 1.38. The second kappa shape index (κ2) is 8.26. The normalized spacial score (nSPS) is 12.1. The zero-order valence-corrected chi connectivity index (χ0v) is 9.49. The van der Waals surface area contributed by atoms with E-state index in [9.17, 15) is 9.59 Å². The number of carboxylic acids is 1. The summed E-state index contributed by atoms with van der Waals surface area (Å²) in [6.45, 7) is 2.06. The molecule has 0 rings (SSSR count). The molecule has 0 aliphatic carbocycles. The molecule has 0 bridgehead atoms. The van der Waals surface area contributed by atoms with Crippen LogP contribution < -0.4 is 0 Å². The van der Waals surface area contributed by atoms with E-state index in [1.54, 1.807) is 0 Å². The number of aliphatic carboxylic acids is 1. The summed E-state index contributed by atoms with van der Waals surface area (Å²) in [5.74, 6) is -0.507. The Morgan fingerprint density at radius 1 is 1.27 bits per heavy atom. The SMILES string of the molecule is CCC(CCCC(=O)O)CCC(=O)OC. The molecule has 0 saturated heterocycles. The number of carbonyl (C=O) groups is 2. The fraction of sp³-hybridized carbons (Fsp3) is 0.818. The summed E-state index contributed by atoms with van der Waals surface area (Å²) in [6.07, 6.45) is 3.99. The maximum Gasteiger partial charge on any atom is 0.305 e. The number of methoxy groups -OCH3 is 1. The first-order chi connectivity index (χ1) is 7.10. The molecule has 0 saturated carbocycles. The number of hydrogen-bond donors (Lipinski definition) is 1. The molecule has 0 aromatic heterocycles. The smallest absolute Gasteiger partial charge is 0.305 e. The zero-order valence-electron chi connectivity index (χ0n) is 9.49. The van der Waals surface area contributed by atoms with Gasteiger partial charge in [-0.05, 0) is 25.2 Å². The maximum absolute atomic E-state index is 10.9. The molecular weight excluding hydrogens is 196 g/mol. The van der Waals surface area contributed by atoms with E-state index in [-0.39, 0.29) is 12.4 Å². The monoisotopic (exact) mass is 216 g/mol. The van der Waals surface area contributed by atoms with Crippen molar-refractivity contribution in [1.82, 2.24) is 0 Å². The van der Waals surface area contributed by atoms with Gasteiger partial charge in [0, 0.05) is 12.8 Å². The third-order valence-corrected chi connectivity index (χ3v) is 2.56. The third-order valence-electron chi connectivity index (χ3n) is 2.56. The highest BCUT2D eigenvalue weighted by Gasteiger charge is 2.10. The first-order valence-corrected chi connectivity index (χ1v) is 5.38. The predicted molar refractivity (Wildman–Crippen MR) is 56.5 cm³/mol. The summed E-state index contributed by atoms with van der Waals surface area (Å²) in [5, 5.41) is 8.48. The minimum atomic E-state index is -0.752. The van der Waals surface area contributed by atoms with Crippen LogP contribution >= 0.6 is 0 Å². The van der Waals surface area contributed by atoms with E-state index in [4.69, 9.17) is 5.11 Å². The highest BCUT2D eigenvalue weighted by Crippen LogP contribution is 2.18. The molecule has 4 nitrogen and oxygen atoms in total. The van der Waals surface area contributed by atoms with Gasteiger partial charge in [0.2, 0.25) is 0 Å². The standard InChI is InChI=1S/C11H20O4/c1-3-9(5-4-6-10(12)13)7-8-11(14)15-2/h9H,3-8H2,1-2H3,(H,12,13). The highest BCUT2D eigenvalue weighted by molar-refractivity contribution is 5.69. The Morgan fingerprint density at radius 2 is 1.93 bits per heavy atom. The van der Waals surface area contributed by atoms with Crippen molar-refractivity contribution < 1.29 is 19.4 Å². The van der Waals surface area contributed by atoms with Crippen LogP contribution in [0.25, 0.3) is 0 Å². The van der Waals surface area contributed by atoms with E-state index in [2.05, 4.69) is 11.7 Å². The van der Waals surface area contributed by atoms with Crippen molar-refractivity contribution in [1.29, 1.82) is 0 Å². The van der Waals surface area contributed by atoms with Gasteiger partial charge >= 0.3 is 11.9 Å². The van der Waals surface area contributed by atoms with Gasteiger partial charge in [0.15, 0.2) is 0 Å². The van der Waals surface area contributed by atoms with Crippen molar-refractivity contribution in [3.63, 3.8) is 0 Å². The van der Waals surface area contributed by atoms with Crippen molar-refractivity contribution in [2.45, 2.75) is 45.4 Å². The lowest BCUT2D eigenvalue weighted by Crippen LogP contribution is -2.06. The van der Waals surface area contributed by atoms with Gasteiger partial charge in [-0.15, -0.1) is 0 Å². The lowest BCUT2D eigenvalue weighted by molar-refractivity contribution is -0.141. The average Bonchev–Trinajstić information content (AvgIpc) is 2.22. The lowest BCUT2D eigenvalue weighted by Gasteiger charge is -2.12. The molecule has 0 aromatic carbocycles. The van der Waals surface area contributed by atoms with Gasteiger partial charge in [-0.2, -0.15) is 0 Å². The summed E-state index contributed by atoms with van der Waals surface area (Å²) in [5.41, 5.74) is 0. The molecule has 0 fully saturated rings. The van der Waals surface area contributed by atoms with E-state index < -0.39 is 5.97 Å². The molecule has 4 heteroatoms. The van der Waals surface area contributed by atoms with Crippen molar-refractivity contribution >= 4 is 11.9 Å². The van der Waals surface area contributed by atoms with Gasteiger partial charge in [0.05, 0.1) is 7.11 Å². The molecule has 88 valence electrons. The number of carboxylic acid groups (broad SMARTS) is 1. The Morgan fingerprint density at radius 3 is 2.40 bits per heavy atom. The van der Waals surface area contributed by atoms with Crippen LogP contribution in [0.4, 0.5) is 0 Å². The van der Waals surface area contributed by atoms with E-state index in [0.29, 0.717) is 18.8 Å². The average molecular weight is 216 g/mol. The maximum atomic E-state index is 10.9. The highest BCUT2D eigenvalue weighted by atomic mass is 16.5. The number of esters is 1. The first-order valence-electron chi connectivity index (χ1n) is 5.38. The fourth-order valence-electron chi connectivity index (χ4n) is 1.52. The second-order valence-corrected chi connectivity index (χ2v) is 3.68. The molecule has 1 N–H and O–H groups in total. The fourth-order valence-corrected chi connectivity index (χ4v) is 1.52.